The molecule has 0 radical (unpaired) electrons. The Morgan fingerprint density at radius 1 is 0.263 bits per heavy atom. The largest absolute Gasteiger partial charge is 0.462 e. The summed E-state index contributed by atoms with van der Waals surface area (Å²) >= 11 is 0. The maximum absolute atomic E-state index is 12.9. The second kappa shape index (κ2) is 67.6. The van der Waals surface area contributed by atoms with E-state index in [2.05, 4.69) is 130 Å². The number of rotatable bonds is 61. The van der Waals surface area contributed by atoms with Gasteiger partial charge in [-0.05, 0) is 103 Å². The van der Waals surface area contributed by atoms with Crippen molar-refractivity contribution in [3.63, 3.8) is 0 Å². The summed E-state index contributed by atoms with van der Waals surface area (Å²) in [5.41, 5.74) is 0. The van der Waals surface area contributed by atoms with Crippen LogP contribution in [-0.2, 0) is 28.6 Å². The second-order valence-corrected chi connectivity index (χ2v) is 22.3. The smallest absolute Gasteiger partial charge is 0.306 e. The highest BCUT2D eigenvalue weighted by Crippen LogP contribution is 2.17. The second-order valence-electron chi connectivity index (χ2n) is 22.3. The average molecular weight is 1110 g/mol. The number of esters is 3. The Bertz CT molecular complexity index is 1610. The first-order valence-corrected chi connectivity index (χ1v) is 33.9. The van der Waals surface area contributed by atoms with E-state index < -0.39 is 6.10 Å². The van der Waals surface area contributed by atoms with Gasteiger partial charge < -0.3 is 14.2 Å². The molecule has 0 aromatic rings. The number of carbonyl (C=O) groups excluding carboxylic acids is 3. The molecule has 1 unspecified atom stereocenters. The fourth-order valence-electron chi connectivity index (χ4n) is 9.52. The molecule has 0 amide bonds. The summed E-state index contributed by atoms with van der Waals surface area (Å²) in [5, 5.41) is 0. The van der Waals surface area contributed by atoms with Crippen LogP contribution in [0.5, 0.6) is 0 Å². The summed E-state index contributed by atoms with van der Waals surface area (Å²) in [7, 11) is 0. The lowest BCUT2D eigenvalue weighted by atomic mass is 10.0. The molecule has 80 heavy (non-hydrogen) atoms. The molecular weight excluding hydrogens is 985 g/mol. The zero-order chi connectivity index (χ0) is 57.8. The van der Waals surface area contributed by atoms with Crippen LogP contribution in [0.15, 0.2) is 109 Å². The van der Waals surface area contributed by atoms with Crippen LogP contribution in [0.2, 0.25) is 0 Å². The zero-order valence-electron chi connectivity index (χ0n) is 52.6. The van der Waals surface area contributed by atoms with E-state index in [1.54, 1.807) is 0 Å². The van der Waals surface area contributed by atoms with Crippen LogP contribution in [-0.4, -0.2) is 37.2 Å². The number of carbonyl (C=O) groups is 3. The van der Waals surface area contributed by atoms with Crippen LogP contribution in [0.4, 0.5) is 0 Å². The normalized spacial score (nSPS) is 12.8. The van der Waals surface area contributed by atoms with Gasteiger partial charge in [-0.15, -0.1) is 0 Å². The molecule has 0 saturated carbocycles. The van der Waals surface area contributed by atoms with Crippen LogP contribution in [0, 0.1) is 0 Å². The van der Waals surface area contributed by atoms with Gasteiger partial charge in [0.1, 0.15) is 13.2 Å². The fraction of sp³-hybridized carbons (Fsp3) is 0.716. The first-order valence-electron chi connectivity index (χ1n) is 33.9. The maximum Gasteiger partial charge on any atom is 0.306 e. The van der Waals surface area contributed by atoms with Gasteiger partial charge in [-0.2, -0.15) is 0 Å². The first-order chi connectivity index (χ1) is 39.5. The van der Waals surface area contributed by atoms with Gasteiger partial charge in [0, 0.05) is 19.3 Å². The molecule has 0 aliphatic carbocycles. The SMILES string of the molecule is CC/C=C\C/C=C\C/C=C\C/C=C\C/C=C\CCCCCCCCCCCCCCCCCCCC(=O)OCC(COC(=O)CCCCCCCCCCCCCCCC)OC(=O)CCCC/C=C\C/C=C\C/C=C\C/C=C\CC. The van der Waals surface area contributed by atoms with Crippen molar-refractivity contribution in [1.82, 2.24) is 0 Å². The highest BCUT2D eigenvalue weighted by Gasteiger charge is 2.19. The van der Waals surface area contributed by atoms with Gasteiger partial charge in [0.15, 0.2) is 6.10 Å². The molecule has 0 fully saturated rings. The monoisotopic (exact) mass is 1110 g/mol. The molecule has 1 atom stereocenters. The molecule has 0 N–H and O–H groups in total. The van der Waals surface area contributed by atoms with E-state index in [1.165, 1.54) is 167 Å². The molecule has 6 nitrogen and oxygen atoms in total. The molecule has 0 spiro atoms. The number of hydrogen-bond donors (Lipinski definition) is 0. The minimum Gasteiger partial charge on any atom is -0.462 e. The summed E-state index contributed by atoms with van der Waals surface area (Å²) in [4.78, 5) is 38.3. The first kappa shape index (κ1) is 76.1. The lowest BCUT2D eigenvalue weighted by Gasteiger charge is -2.18. The number of ether oxygens (including phenoxy) is 3. The van der Waals surface area contributed by atoms with Crippen molar-refractivity contribution < 1.29 is 28.6 Å². The third-order valence-corrected chi connectivity index (χ3v) is 14.5. The van der Waals surface area contributed by atoms with Crippen molar-refractivity contribution in [2.75, 3.05) is 13.2 Å². The Balaban J connectivity index is 4.19. The van der Waals surface area contributed by atoms with Gasteiger partial charge in [-0.25, -0.2) is 0 Å². The van der Waals surface area contributed by atoms with Crippen LogP contribution in [0.25, 0.3) is 0 Å². The molecule has 0 saturated heterocycles. The summed E-state index contributed by atoms with van der Waals surface area (Å²) in [6, 6.07) is 0. The Morgan fingerprint density at radius 2 is 0.487 bits per heavy atom. The molecule has 0 aliphatic heterocycles. The van der Waals surface area contributed by atoms with Crippen molar-refractivity contribution in [3.05, 3.63) is 109 Å². The average Bonchev–Trinajstić information content (AvgIpc) is 3.46. The third kappa shape index (κ3) is 64.9. The molecule has 0 rings (SSSR count). The van der Waals surface area contributed by atoms with E-state index in [0.29, 0.717) is 19.3 Å². The van der Waals surface area contributed by atoms with E-state index in [4.69, 9.17) is 14.2 Å². The van der Waals surface area contributed by atoms with E-state index in [0.717, 1.165) is 109 Å². The van der Waals surface area contributed by atoms with Gasteiger partial charge in [0.25, 0.3) is 0 Å². The minimum absolute atomic E-state index is 0.0906. The summed E-state index contributed by atoms with van der Waals surface area (Å²) in [6.07, 6.45) is 92.6. The predicted octanol–water partition coefficient (Wildman–Crippen LogP) is 23.4. The van der Waals surface area contributed by atoms with Crippen molar-refractivity contribution in [2.24, 2.45) is 0 Å². The maximum atomic E-state index is 12.9. The van der Waals surface area contributed by atoms with E-state index in [-0.39, 0.29) is 37.5 Å². The van der Waals surface area contributed by atoms with E-state index in [1.807, 2.05) is 0 Å². The van der Waals surface area contributed by atoms with Gasteiger partial charge in [0.05, 0.1) is 0 Å². The lowest BCUT2D eigenvalue weighted by molar-refractivity contribution is -0.167. The lowest BCUT2D eigenvalue weighted by Crippen LogP contribution is -2.30. The molecule has 0 aromatic carbocycles. The Labute approximate surface area is 495 Å². The van der Waals surface area contributed by atoms with Gasteiger partial charge >= 0.3 is 17.9 Å². The molecule has 6 heteroatoms. The van der Waals surface area contributed by atoms with Crippen LogP contribution < -0.4 is 0 Å². The molecule has 458 valence electrons. The van der Waals surface area contributed by atoms with Gasteiger partial charge in [0.2, 0.25) is 0 Å². The molecule has 0 aromatic heterocycles. The molecule has 0 aliphatic rings. The Morgan fingerprint density at radius 3 is 0.787 bits per heavy atom. The van der Waals surface area contributed by atoms with E-state index in [9.17, 15) is 14.4 Å². The highest BCUT2D eigenvalue weighted by molar-refractivity contribution is 5.71. The molecule has 0 heterocycles. The van der Waals surface area contributed by atoms with Gasteiger partial charge in [-0.3, -0.25) is 14.4 Å². The van der Waals surface area contributed by atoms with Crippen molar-refractivity contribution >= 4 is 17.9 Å². The Hall–Kier alpha value is -3.93. The van der Waals surface area contributed by atoms with Crippen LogP contribution in [0.1, 0.15) is 323 Å². The minimum atomic E-state index is -0.798. The summed E-state index contributed by atoms with van der Waals surface area (Å²) in [6.45, 7) is 6.41. The standard InChI is InChI=1S/C74H126O6/c1-4-7-10-13-16-19-22-25-28-29-30-31-32-33-34-35-36-37-38-39-40-41-42-43-44-45-47-49-52-55-58-61-64-67-73(76)79-70-71(69-78-72(75)66-63-60-57-54-51-48-27-24-21-18-15-12-9-6-3)80-74(77)68-65-62-59-56-53-50-46-26-23-20-17-14-11-8-5-2/h7-8,10-11,16-17,19-20,25-26,28,30-31,33-34,46,53,56,71H,4-6,9,12-15,18,21-24,27,29,32,35-45,47-52,54-55,57-70H2,1-3H3/b10-7-,11-8-,19-16-,20-17-,28-25-,31-30-,34-33-,46-26-,56-53-. The number of hydrogen-bond acceptors (Lipinski definition) is 6. The zero-order valence-corrected chi connectivity index (χ0v) is 52.6. The fourth-order valence-corrected chi connectivity index (χ4v) is 9.52. The van der Waals surface area contributed by atoms with Crippen LogP contribution >= 0.6 is 0 Å². The summed E-state index contributed by atoms with van der Waals surface area (Å²) < 4.78 is 16.9. The predicted molar refractivity (Wildman–Crippen MR) is 348 cm³/mol. The van der Waals surface area contributed by atoms with Gasteiger partial charge in [-0.1, -0.05) is 310 Å². The van der Waals surface area contributed by atoms with E-state index >= 15 is 0 Å². The number of unbranched alkanes of at least 4 members (excludes halogenated alkanes) is 32. The highest BCUT2D eigenvalue weighted by atomic mass is 16.6. The van der Waals surface area contributed by atoms with Crippen molar-refractivity contribution in [2.45, 2.75) is 329 Å². The molecule has 0 bridgehead atoms. The summed E-state index contributed by atoms with van der Waals surface area (Å²) in [5.74, 6) is -0.920. The topological polar surface area (TPSA) is 78.9 Å². The number of allylic oxidation sites excluding steroid dienone is 18. The van der Waals surface area contributed by atoms with Crippen molar-refractivity contribution in [1.29, 1.82) is 0 Å². The molecular formula is C74H126O6. The third-order valence-electron chi connectivity index (χ3n) is 14.5. The van der Waals surface area contributed by atoms with Crippen LogP contribution in [0.3, 0.4) is 0 Å². The quantitative estimate of drug-likeness (QED) is 0.0261. The van der Waals surface area contributed by atoms with Crippen molar-refractivity contribution in [3.8, 4) is 0 Å². The Kier molecular flexibility index (Phi) is 64.3.